The molecule has 1 unspecified atom stereocenters. The van der Waals surface area contributed by atoms with Gasteiger partial charge in [0.1, 0.15) is 11.3 Å². The molecule has 0 fully saturated rings. The SMILES string of the molecule is CC(C)NC(=O)c1c[nH]c2ncc(Oc3ccc4c(c3)C(NC(=O)c3ccccc3)CC4)nc12. The summed E-state index contributed by atoms with van der Waals surface area (Å²) < 4.78 is 6.00. The van der Waals surface area contributed by atoms with Crippen LogP contribution in [0.4, 0.5) is 0 Å². The molecular weight excluding hydrogens is 430 g/mol. The number of carbonyl (C=O) groups excluding carboxylic acids is 2. The fourth-order valence-electron chi connectivity index (χ4n) is 4.18. The van der Waals surface area contributed by atoms with E-state index in [0.29, 0.717) is 28.0 Å². The van der Waals surface area contributed by atoms with Crippen molar-refractivity contribution < 1.29 is 14.3 Å². The highest BCUT2D eigenvalue weighted by molar-refractivity contribution is 6.04. The zero-order valence-electron chi connectivity index (χ0n) is 19.0. The van der Waals surface area contributed by atoms with Gasteiger partial charge in [-0.15, -0.1) is 0 Å². The molecule has 0 bridgehead atoms. The first-order valence-electron chi connectivity index (χ1n) is 11.3. The van der Waals surface area contributed by atoms with Gasteiger partial charge in [-0.25, -0.2) is 9.97 Å². The summed E-state index contributed by atoms with van der Waals surface area (Å²) in [6.45, 7) is 3.80. The first kappa shape index (κ1) is 21.6. The van der Waals surface area contributed by atoms with E-state index in [0.717, 1.165) is 18.4 Å². The number of nitrogens with zero attached hydrogens (tertiary/aromatic N) is 2. The molecule has 34 heavy (non-hydrogen) atoms. The van der Waals surface area contributed by atoms with E-state index in [1.165, 1.54) is 11.8 Å². The van der Waals surface area contributed by atoms with Crippen LogP contribution in [0.3, 0.4) is 0 Å². The Bertz CT molecular complexity index is 1360. The van der Waals surface area contributed by atoms with E-state index in [2.05, 4.69) is 25.6 Å². The fraction of sp³-hybridized carbons (Fsp3) is 0.231. The Morgan fingerprint density at radius 1 is 1.12 bits per heavy atom. The Morgan fingerprint density at radius 3 is 2.74 bits per heavy atom. The molecule has 2 heterocycles. The number of carbonyl (C=O) groups is 2. The number of hydrogen-bond acceptors (Lipinski definition) is 5. The zero-order chi connectivity index (χ0) is 23.7. The number of aryl methyl sites for hydroxylation is 1. The number of ether oxygens (including phenoxy) is 1. The molecule has 8 nitrogen and oxygen atoms in total. The third kappa shape index (κ3) is 4.34. The van der Waals surface area contributed by atoms with E-state index in [-0.39, 0.29) is 29.8 Å². The minimum Gasteiger partial charge on any atom is -0.437 e. The quantitative estimate of drug-likeness (QED) is 0.402. The number of aromatic nitrogens is 3. The summed E-state index contributed by atoms with van der Waals surface area (Å²) >= 11 is 0. The summed E-state index contributed by atoms with van der Waals surface area (Å²) in [5, 5.41) is 5.99. The lowest BCUT2D eigenvalue weighted by atomic mass is 10.1. The van der Waals surface area contributed by atoms with Crippen LogP contribution >= 0.6 is 0 Å². The highest BCUT2D eigenvalue weighted by Crippen LogP contribution is 2.35. The van der Waals surface area contributed by atoms with Crippen molar-refractivity contribution in [1.29, 1.82) is 0 Å². The molecule has 0 saturated carbocycles. The predicted octanol–water partition coefficient (Wildman–Crippen LogP) is 4.31. The normalized spacial score (nSPS) is 14.7. The number of aromatic amines is 1. The fourth-order valence-corrected chi connectivity index (χ4v) is 4.18. The van der Waals surface area contributed by atoms with Crippen LogP contribution in [-0.2, 0) is 6.42 Å². The van der Waals surface area contributed by atoms with Crippen molar-refractivity contribution in [2.75, 3.05) is 0 Å². The van der Waals surface area contributed by atoms with Crippen molar-refractivity contribution in [2.24, 2.45) is 0 Å². The van der Waals surface area contributed by atoms with Crippen LogP contribution in [0.2, 0.25) is 0 Å². The lowest BCUT2D eigenvalue weighted by Gasteiger charge is -2.15. The second kappa shape index (κ2) is 8.97. The van der Waals surface area contributed by atoms with Gasteiger partial charge in [-0.2, -0.15) is 0 Å². The highest BCUT2D eigenvalue weighted by atomic mass is 16.5. The van der Waals surface area contributed by atoms with Gasteiger partial charge in [-0.3, -0.25) is 9.59 Å². The van der Waals surface area contributed by atoms with E-state index >= 15 is 0 Å². The molecule has 1 atom stereocenters. The van der Waals surface area contributed by atoms with Crippen molar-refractivity contribution >= 4 is 23.0 Å². The minimum absolute atomic E-state index is 0.00610. The summed E-state index contributed by atoms with van der Waals surface area (Å²) in [5.74, 6) is 0.563. The average Bonchev–Trinajstić information content (AvgIpc) is 3.43. The van der Waals surface area contributed by atoms with Gasteiger partial charge in [0, 0.05) is 17.8 Å². The predicted molar refractivity (Wildman–Crippen MR) is 128 cm³/mol. The first-order chi connectivity index (χ1) is 16.5. The van der Waals surface area contributed by atoms with Crippen LogP contribution in [0.25, 0.3) is 11.2 Å². The van der Waals surface area contributed by atoms with E-state index < -0.39 is 0 Å². The van der Waals surface area contributed by atoms with Crippen molar-refractivity contribution in [3.8, 4) is 11.6 Å². The zero-order valence-corrected chi connectivity index (χ0v) is 19.0. The van der Waals surface area contributed by atoms with Gasteiger partial charge in [0.2, 0.25) is 5.88 Å². The Labute approximate surface area is 196 Å². The Hall–Kier alpha value is -4.20. The maximum Gasteiger partial charge on any atom is 0.255 e. The Balaban J connectivity index is 1.36. The van der Waals surface area contributed by atoms with Crippen LogP contribution in [0.15, 0.2) is 60.9 Å². The molecule has 0 radical (unpaired) electrons. The topological polar surface area (TPSA) is 109 Å². The summed E-state index contributed by atoms with van der Waals surface area (Å²) in [6.07, 6.45) is 4.84. The number of hydrogen-bond donors (Lipinski definition) is 3. The molecule has 2 aromatic carbocycles. The van der Waals surface area contributed by atoms with Crippen LogP contribution in [-0.4, -0.2) is 32.8 Å². The molecule has 1 aliphatic carbocycles. The number of rotatable bonds is 6. The number of amides is 2. The largest absolute Gasteiger partial charge is 0.437 e. The first-order valence-corrected chi connectivity index (χ1v) is 11.3. The van der Waals surface area contributed by atoms with E-state index in [9.17, 15) is 9.59 Å². The maximum atomic E-state index is 12.6. The van der Waals surface area contributed by atoms with Crippen LogP contribution < -0.4 is 15.4 Å². The number of benzene rings is 2. The smallest absolute Gasteiger partial charge is 0.255 e. The summed E-state index contributed by atoms with van der Waals surface area (Å²) in [7, 11) is 0. The van der Waals surface area contributed by atoms with Crippen molar-refractivity contribution in [3.63, 3.8) is 0 Å². The third-order valence-electron chi connectivity index (χ3n) is 5.78. The van der Waals surface area contributed by atoms with Crippen molar-refractivity contribution in [2.45, 2.75) is 38.8 Å². The number of nitrogens with one attached hydrogen (secondary N) is 3. The second-order valence-corrected chi connectivity index (χ2v) is 8.63. The van der Waals surface area contributed by atoms with Gasteiger partial charge in [0.05, 0.1) is 17.8 Å². The monoisotopic (exact) mass is 455 g/mol. The maximum absolute atomic E-state index is 12.6. The van der Waals surface area contributed by atoms with Crippen molar-refractivity contribution in [3.05, 3.63) is 83.2 Å². The van der Waals surface area contributed by atoms with Gasteiger partial charge >= 0.3 is 0 Å². The van der Waals surface area contributed by atoms with Gasteiger partial charge in [-0.1, -0.05) is 24.3 Å². The molecule has 1 aliphatic rings. The molecule has 2 amide bonds. The average molecular weight is 456 g/mol. The minimum atomic E-state index is -0.220. The molecule has 172 valence electrons. The second-order valence-electron chi connectivity index (χ2n) is 8.63. The molecule has 5 rings (SSSR count). The van der Waals surface area contributed by atoms with Crippen LogP contribution in [0.1, 0.15) is 58.2 Å². The number of H-pyrrole nitrogens is 1. The van der Waals surface area contributed by atoms with Crippen LogP contribution in [0.5, 0.6) is 11.6 Å². The van der Waals surface area contributed by atoms with E-state index in [1.807, 2.05) is 50.2 Å². The molecule has 0 saturated heterocycles. The molecule has 8 heteroatoms. The van der Waals surface area contributed by atoms with Gasteiger partial charge < -0.3 is 20.4 Å². The molecular formula is C26H25N5O3. The standard InChI is InChI=1S/C26H25N5O3/c1-15(2)29-26(33)20-13-27-24-23(20)31-22(14-28-24)34-18-10-8-16-9-11-21(19(16)12-18)30-25(32)17-6-4-3-5-7-17/h3-8,10,12-15,21H,9,11H2,1-2H3,(H,27,28)(H,29,33)(H,30,32). The molecule has 3 N–H and O–H groups in total. The van der Waals surface area contributed by atoms with Crippen LogP contribution in [0, 0.1) is 0 Å². The summed E-state index contributed by atoms with van der Waals surface area (Å²) in [4.78, 5) is 37.0. The van der Waals surface area contributed by atoms with Gasteiger partial charge in [-0.05, 0) is 62.1 Å². The van der Waals surface area contributed by atoms with Crippen molar-refractivity contribution in [1.82, 2.24) is 25.6 Å². The van der Waals surface area contributed by atoms with Gasteiger partial charge in [0.15, 0.2) is 5.65 Å². The highest BCUT2D eigenvalue weighted by Gasteiger charge is 2.25. The summed E-state index contributed by atoms with van der Waals surface area (Å²) in [6, 6.07) is 15.0. The van der Waals surface area contributed by atoms with E-state index in [1.54, 1.807) is 18.3 Å². The molecule has 0 aliphatic heterocycles. The third-order valence-corrected chi connectivity index (χ3v) is 5.78. The lowest BCUT2D eigenvalue weighted by Crippen LogP contribution is -2.29. The Morgan fingerprint density at radius 2 is 1.94 bits per heavy atom. The van der Waals surface area contributed by atoms with E-state index in [4.69, 9.17) is 4.74 Å². The molecule has 4 aromatic rings. The molecule has 2 aromatic heterocycles. The van der Waals surface area contributed by atoms with Gasteiger partial charge in [0.25, 0.3) is 11.8 Å². The Kier molecular flexibility index (Phi) is 5.71. The lowest BCUT2D eigenvalue weighted by molar-refractivity contribution is 0.0931. The molecule has 0 spiro atoms. The summed E-state index contributed by atoms with van der Waals surface area (Å²) in [5.41, 5.74) is 4.23. The number of fused-ring (bicyclic) bond motifs is 2.